The number of hydrogen-bond acceptors (Lipinski definition) is 11. The number of ether oxygens (including phenoxy) is 3. The first-order valence-electron chi connectivity index (χ1n) is 14.9. The van der Waals surface area contributed by atoms with E-state index in [9.17, 15) is 19.8 Å². The van der Waals surface area contributed by atoms with Gasteiger partial charge in [-0.2, -0.15) is 0 Å². The number of esters is 2. The van der Waals surface area contributed by atoms with Gasteiger partial charge in [0.2, 0.25) is 5.95 Å². The molecule has 0 bridgehead atoms. The minimum Gasteiger partial charge on any atom is -0.462 e. The van der Waals surface area contributed by atoms with Crippen molar-refractivity contribution in [2.24, 2.45) is 22.7 Å². The quantitative estimate of drug-likeness (QED) is 0.242. The maximum Gasteiger partial charge on any atom is 0.343 e. The molecule has 6 atom stereocenters. The van der Waals surface area contributed by atoms with Gasteiger partial charge in [0.1, 0.15) is 11.3 Å². The van der Waals surface area contributed by atoms with Gasteiger partial charge in [-0.3, -0.25) is 4.90 Å². The molecule has 4 N–H and O–H groups in total. The van der Waals surface area contributed by atoms with E-state index in [4.69, 9.17) is 19.9 Å². The van der Waals surface area contributed by atoms with Gasteiger partial charge in [0.25, 0.3) is 0 Å². The predicted molar refractivity (Wildman–Crippen MR) is 159 cm³/mol. The summed E-state index contributed by atoms with van der Waals surface area (Å²) in [5, 5.41) is 21.6. The number of morpholine rings is 1. The molecule has 5 rings (SSSR count). The van der Waals surface area contributed by atoms with Crippen LogP contribution in [0.25, 0.3) is 5.57 Å². The SMILES string of the molecule is C=C1C(N2CCOCC2)CC2[C@](C)(CC[C@@H](O)[C@@]2(C)CO)C1/C=C/C1=CC(=C(/C(=O)OCC)c2cnc(N)nc2)/OC1=O. The Kier molecular flexibility index (Phi) is 8.89. The maximum absolute atomic E-state index is 13.1. The molecule has 2 aliphatic carbocycles. The van der Waals surface area contributed by atoms with Gasteiger partial charge in [0.05, 0.1) is 38.1 Å². The molecule has 232 valence electrons. The number of nitrogens with two attached hydrogens (primary N) is 1. The molecule has 3 fully saturated rings. The fraction of sp³-hybridized carbons (Fsp3) is 0.562. The smallest absolute Gasteiger partial charge is 0.343 e. The molecule has 3 unspecified atom stereocenters. The van der Waals surface area contributed by atoms with E-state index in [1.807, 2.05) is 13.0 Å². The van der Waals surface area contributed by atoms with Gasteiger partial charge >= 0.3 is 11.9 Å². The zero-order chi connectivity index (χ0) is 30.9. The van der Waals surface area contributed by atoms with Gasteiger partial charge in [0.15, 0.2) is 0 Å². The van der Waals surface area contributed by atoms with Crippen LogP contribution < -0.4 is 5.73 Å². The molecular formula is C32H42N4O7. The van der Waals surface area contributed by atoms with Crippen LogP contribution in [0, 0.1) is 22.7 Å². The number of rotatable bonds is 7. The molecule has 1 aromatic rings. The van der Waals surface area contributed by atoms with E-state index in [2.05, 4.69) is 28.4 Å². The van der Waals surface area contributed by atoms with Crippen LogP contribution in [-0.2, 0) is 23.8 Å². The van der Waals surface area contributed by atoms with Gasteiger partial charge in [-0.05, 0) is 43.6 Å². The Balaban J connectivity index is 1.53. The molecule has 2 saturated carbocycles. The molecule has 0 radical (unpaired) electrons. The predicted octanol–water partition coefficient (Wildman–Crippen LogP) is 2.43. The summed E-state index contributed by atoms with van der Waals surface area (Å²) in [6.45, 7) is 13.3. The Morgan fingerprint density at radius 2 is 1.98 bits per heavy atom. The van der Waals surface area contributed by atoms with Gasteiger partial charge in [-0.15, -0.1) is 0 Å². The Labute approximate surface area is 252 Å². The number of aliphatic hydroxyl groups excluding tert-OH is 2. The largest absolute Gasteiger partial charge is 0.462 e. The van der Waals surface area contributed by atoms with Crippen molar-refractivity contribution in [1.29, 1.82) is 0 Å². The fourth-order valence-corrected chi connectivity index (χ4v) is 7.54. The molecule has 1 aromatic heterocycles. The lowest BCUT2D eigenvalue weighted by molar-refractivity contribution is -0.156. The number of aliphatic hydroxyl groups is 2. The molecule has 0 amide bonds. The van der Waals surface area contributed by atoms with Crippen LogP contribution >= 0.6 is 0 Å². The molecule has 11 heteroatoms. The Bertz CT molecular complexity index is 1350. The summed E-state index contributed by atoms with van der Waals surface area (Å²) in [7, 11) is 0. The molecule has 2 aliphatic heterocycles. The monoisotopic (exact) mass is 594 g/mol. The second kappa shape index (κ2) is 12.3. The highest BCUT2D eigenvalue weighted by atomic mass is 16.6. The zero-order valence-electron chi connectivity index (χ0n) is 25.1. The minimum atomic E-state index is -0.679. The lowest BCUT2D eigenvalue weighted by Crippen LogP contribution is -2.61. The first kappa shape index (κ1) is 31.1. The number of carbonyl (C=O) groups is 2. The topological polar surface area (TPSA) is 157 Å². The summed E-state index contributed by atoms with van der Waals surface area (Å²) in [5.41, 5.74) is 6.29. The highest BCUT2D eigenvalue weighted by Gasteiger charge is 2.59. The number of anilines is 1. The number of cyclic esters (lactones) is 1. The summed E-state index contributed by atoms with van der Waals surface area (Å²) in [6.07, 6.45) is 9.49. The zero-order valence-corrected chi connectivity index (χ0v) is 25.1. The van der Waals surface area contributed by atoms with Crippen molar-refractivity contribution >= 4 is 23.5 Å². The number of carbonyl (C=O) groups excluding carboxylic acids is 2. The molecule has 43 heavy (non-hydrogen) atoms. The molecular weight excluding hydrogens is 552 g/mol. The van der Waals surface area contributed by atoms with Crippen molar-refractivity contribution in [2.75, 3.05) is 45.3 Å². The van der Waals surface area contributed by atoms with Crippen LogP contribution in [0.3, 0.4) is 0 Å². The summed E-state index contributed by atoms with van der Waals surface area (Å²) in [6, 6.07) is 0.0358. The van der Waals surface area contributed by atoms with Crippen molar-refractivity contribution in [1.82, 2.24) is 14.9 Å². The first-order chi connectivity index (χ1) is 20.5. The van der Waals surface area contributed by atoms with Crippen molar-refractivity contribution in [3.8, 4) is 0 Å². The van der Waals surface area contributed by atoms with Crippen LogP contribution in [0.5, 0.6) is 0 Å². The van der Waals surface area contributed by atoms with Crippen LogP contribution in [0.1, 0.15) is 45.6 Å². The van der Waals surface area contributed by atoms with Gasteiger partial charge in [-0.1, -0.05) is 38.2 Å². The molecule has 1 saturated heterocycles. The van der Waals surface area contributed by atoms with Crippen molar-refractivity contribution < 1.29 is 34.0 Å². The van der Waals surface area contributed by atoms with Gasteiger partial charge < -0.3 is 30.2 Å². The standard InChI is InChI=1S/C32H42N4O7/c1-5-42-29(40)27(21-16-34-30(33)35-17-21)24-14-20(28(39)43-24)6-7-22-19(2)23(36-10-12-41-13-11-36)15-25-31(22,3)9-8-26(38)32(25,4)18-37/h6-7,14,16-17,22-23,25-26,37-38H,2,5,8-13,15,18H2,1,3-4H3,(H2,33,34,35)/b7-6+,27-24-/t22?,23?,25?,26-,31-,32+/m1/s1. The van der Waals surface area contributed by atoms with Gasteiger partial charge in [0, 0.05) is 48.4 Å². The lowest BCUT2D eigenvalue weighted by atomic mass is 9.45. The highest BCUT2D eigenvalue weighted by molar-refractivity contribution is 6.18. The Morgan fingerprint density at radius 1 is 1.28 bits per heavy atom. The minimum absolute atomic E-state index is 0.00245. The molecule has 4 aliphatic rings. The molecule has 0 spiro atoms. The van der Waals surface area contributed by atoms with E-state index in [0.29, 0.717) is 25.2 Å². The number of nitrogens with zero attached hydrogens (tertiary/aromatic N) is 3. The summed E-state index contributed by atoms with van der Waals surface area (Å²) in [5.74, 6) is -1.33. The van der Waals surface area contributed by atoms with E-state index in [0.717, 1.165) is 31.5 Å². The number of hydrogen-bond donors (Lipinski definition) is 3. The second-order valence-electron chi connectivity index (χ2n) is 12.4. The number of aromatic nitrogens is 2. The van der Waals surface area contributed by atoms with Crippen LogP contribution in [0.4, 0.5) is 5.95 Å². The Hall–Kier alpha value is -3.38. The number of allylic oxidation sites excluding steroid dienone is 2. The third kappa shape index (κ3) is 5.66. The van der Waals surface area contributed by atoms with E-state index in [-0.39, 0.29) is 59.4 Å². The fourth-order valence-electron chi connectivity index (χ4n) is 7.54. The summed E-state index contributed by atoms with van der Waals surface area (Å²) in [4.78, 5) is 36.3. The third-order valence-corrected chi connectivity index (χ3v) is 10.0. The highest BCUT2D eigenvalue weighted by Crippen LogP contribution is 2.62. The molecule has 11 nitrogen and oxygen atoms in total. The number of fused-ring (bicyclic) bond motifs is 1. The first-order valence-corrected chi connectivity index (χ1v) is 14.9. The average Bonchev–Trinajstić information content (AvgIpc) is 3.36. The van der Waals surface area contributed by atoms with Crippen molar-refractivity contribution in [2.45, 2.75) is 52.2 Å². The van der Waals surface area contributed by atoms with E-state index < -0.39 is 23.5 Å². The van der Waals surface area contributed by atoms with Gasteiger partial charge in [-0.25, -0.2) is 19.6 Å². The average molecular weight is 595 g/mol. The molecule has 0 aromatic carbocycles. The molecule has 3 heterocycles. The van der Waals surface area contributed by atoms with Crippen molar-refractivity contribution in [3.63, 3.8) is 0 Å². The van der Waals surface area contributed by atoms with Crippen molar-refractivity contribution in [3.05, 3.63) is 59.7 Å². The second-order valence-corrected chi connectivity index (χ2v) is 12.4. The van der Waals surface area contributed by atoms with E-state index in [1.54, 1.807) is 13.0 Å². The number of nitrogen functional groups attached to an aromatic ring is 1. The summed E-state index contributed by atoms with van der Waals surface area (Å²) < 4.78 is 16.4. The van der Waals surface area contributed by atoms with E-state index in [1.165, 1.54) is 18.5 Å². The normalized spacial score (nSPS) is 34.5. The van der Waals surface area contributed by atoms with Crippen LogP contribution in [0.15, 0.2) is 54.1 Å². The van der Waals surface area contributed by atoms with Crippen LogP contribution in [-0.4, -0.2) is 88.7 Å². The van der Waals surface area contributed by atoms with E-state index >= 15 is 0 Å². The third-order valence-electron chi connectivity index (χ3n) is 10.0. The summed E-state index contributed by atoms with van der Waals surface area (Å²) >= 11 is 0. The maximum atomic E-state index is 13.1. The Morgan fingerprint density at radius 3 is 2.63 bits per heavy atom. The lowest BCUT2D eigenvalue weighted by Gasteiger charge is -2.62. The van der Waals surface area contributed by atoms with Crippen LogP contribution in [0.2, 0.25) is 0 Å².